The van der Waals surface area contributed by atoms with E-state index >= 15 is 0 Å². The molecule has 0 saturated carbocycles. The Hall–Kier alpha value is -2.21. The van der Waals surface area contributed by atoms with E-state index in [1.54, 1.807) is 12.4 Å². The standard InChI is InChI=1S/C18H24N4O2/c1-4-22-13(3)15(12(2)20-22)9-21-10-16(17(11-21)18(23)24)14-5-7-19-8-6-14/h5-8,16-17H,4,9-11H2,1-3H3,(H,23,24)/t16-,17+/m0/s1. The highest BCUT2D eigenvalue weighted by molar-refractivity contribution is 5.72. The molecule has 1 saturated heterocycles. The van der Waals surface area contributed by atoms with Crippen molar-refractivity contribution in [2.75, 3.05) is 13.1 Å². The summed E-state index contributed by atoms with van der Waals surface area (Å²) >= 11 is 0. The lowest BCUT2D eigenvalue weighted by Gasteiger charge is -2.16. The third kappa shape index (κ3) is 3.06. The van der Waals surface area contributed by atoms with Gasteiger partial charge in [0.2, 0.25) is 0 Å². The zero-order valence-corrected chi connectivity index (χ0v) is 14.4. The molecule has 0 aromatic carbocycles. The maximum Gasteiger partial charge on any atom is 0.308 e. The van der Waals surface area contributed by atoms with Crippen LogP contribution in [-0.4, -0.2) is 43.8 Å². The van der Waals surface area contributed by atoms with E-state index < -0.39 is 5.97 Å². The van der Waals surface area contributed by atoms with E-state index in [1.807, 2.05) is 23.7 Å². The minimum absolute atomic E-state index is 0.00679. The van der Waals surface area contributed by atoms with Gasteiger partial charge in [-0.05, 0) is 38.5 Å². The zero-order valence-electron chi connectivity index (χ0n) is 14.4. The van der Waals surface area contributed by atoms with E-state index in [9.17, 15) is 9.90 Å². The van der Waals surface area contributed by atoms with Crippen molar-refractivity contribution < 1.29 is 9.90 Å². The Morgan fingerprint density at radius 2 is 2.00 bits per heavy atom. The van der Waals surface area contributed by atoms with Crippen LogP contribution in [0.2, 0.25) is 0 Å². The molecule has 0 bridgehead atoms. The fraction of sp³-hybridized carbons (Fsp3) is 0.500. The molecule has 2 aromatic rings. The Morgan fingerprint density at radius 3 is 2.58 bits per heavy atom. The molecule has 6 heteroatoms. The highest BCUT2D eigenvalue weighted by Gasteiger charge is 2.38. The summed E-state index contributed by atoms with van der Waals surface area (Å²) in [5.41, 5.74) is 4.48. The SMILES string of the molecule is CCn1nc(C)c(CN2C[C@@H](C(=O)O)[C@H](c3ccncc3)C2)c1C. The van der Waals surface area contributed by atoms with Gasteiger partial charge < -0.3 is 5.11 Å². The average Bonchev–Trinajstić information content (AvgIpc) is 3.12. The Morgan fingerprint density at radius 1 is 1.29 bits per heavy atom. The first-order valence-electron chi connectivity index (χ1n) is 8.39. The van der Waals surface area contributed by atoms with Crippen LogP contribution in [0.5, 0.6) is 0 Å². The summed E-state index contributed by atoms with van der Waals surface area (Å²) < 4.78 is 2.01. The van der Waals surface area contributed by atoms with Gasteiger partial charge in [-0.15, -0.1) is 0 Å². The molecule has 3 rings (SSSR count). The monoisotopic (exact) mass is 328 g/mol. The second-order valence-corrected chi connectivity index (χ2v) is 6.49. The van der Waals surface area contributed by atoms with Gasteiger partial charge in [-0.1, -0.05) is 0 Å². The van der Waals surface area contributed by atoms with Crippen molar-refractivity contribution in [1.82, 2.24) is 19.7 Å². The van der Waals surface area contributed by atoms with E-state index in [-0.39, 0.29) is 11.8 Å². The van der Waals surface area contributed by atoms with Crippen LogP contribution in [-0.2, 0) is 17.9 Å². The smallest absolute Gasteiger partial charge is 0.308 e. The quantitative estimate of drug-likeness (QED) is 0.911. The predicted molar refractivity (Wildman–Crippen MR) is 90.8 cm³/mol. The normalized spacial score (nSPS) is 21.3. The molecule has 0 aliphatic carbocycles. The molecule has 1 aliphatic rings. The number of carbonyl (C=O) groups is 1. The molecule has 0 unspecified atom stereocenters. The molecule has 0 radical (unpaired) electrons. The van der Waals surface area contributed by atoms with Crippen molar-refractivity contribution in [1.29, 1.82) is 0 Å². The average molecular weight is 328 g/mol. The molecule has 24 heavy (non-hydrogen) atoms. The number of likely N-dealkylation sites (tertiary alicyclic amines) is 1. The van der Waals surface area contributed by atoms with Crippen LogP contribution in [0, 0.1) is 19.8 Å². The molecule has 1 N–H and O–H groups in total. The van der Waals surface area contributed by atoms with Crippen LogP contribution < -0.4 is 0 Å². The summed E-state index contributed by atoms with van der Waals surface area (Å²) in [4.78, 5) is 18.0. The Kier molecular flexibility index (Phi) is 4.66. The van der Waals surface area contributed by atoms with Crippen LogP contribution in [0.25, 0.3) is 0 Å². The number of hydrogen-bond donors (Lipinski definition) is 1. The van der Waals surface area contributed by atoms with E-state index in [2.05, 4.69) is 28.8 Å². The van der Waals surface area contributed by atoms with Gasteiger partial charge in [0.15, 0.2) is 0 Å². The lowest BCUT2D eigenvalue weighted by atomic mass is 9.90. The second kappa shape index (κ2) is 6.73. The summed E-state index contributed by atoms with van der Waals surface area (Å²) in [6.45, 7) is 9.12. The van der Waals surface area contributed by atoms with Gasteiger partial charge >= 0.3 is 5.97 Å². The first kappa shape index (κ1) is 16.6. The maximum atomic E-state index is 11.7. The van der Waals surface area contributed by atoms with Crippen LogP contribution in [0.3, 0.4) is 0 Å². The number of carboxylic acid groups (broad SMARTS) is 1. The van der Waals surface area contributed by atoms with E-state index in [0.717, 1.165) is 30.9 Å². The number of aliphatic carboxylic acids is 1. The van der Waals surface area contributed by atoms with Gasteiger partial charge in [0.25, 0.3) is 0 Å². The summed E-state index contributed by atoms with van der Waals surface area (Å²) in [5, 5.41) is 14.2. The van der Waals surface area contributed by atoms with Gasteiger partial charge in [-0.2, -0.15) is 5.10 Å². The van der Waals surface area contributed by atoms with E-state index in [0.29, 0.717) is 6.54 Å². The zero-order chi connectivity index (χ0) is 17.3. The molecule has 2 atom stereocenters. The molecule has 0 amide bonds. The number of aromatic nitrogens is 3. The van der Waals surface area contributed by atoms with Crippen LogP contribution in [0.1, 0.15) is 35.4 Å². The van der Waals surface area contributed by atoms with Gasteiger partial charge in [-0.3, -0.25) is 19.4 Å². The molecule has 3 heterocycles. The molecular formula is C18H24N4O2. The lowest BCUT2D eigenvalue weighted by molar-refractivity contribution is -0.141. The molecule has 0 spiro atoms. The highest BCUT2D eigenvalue weighted by Crippen LogP contribution is 2.34. The topological polar surface area (TPSA) is 71.2 Å². The fourth-order valence-corrected chi connectivity index (χ4v) is 3.71. The third-order valence-corrected chi connectivity index (χ3v) is 5.06. The Balaban J connectivity index is 1.81. The number of hydrogen-bond acceptors (Lipinski definition) is 4. The second-order valence-electron chi connectivity index (χ2n) is 6.49. The Bertz CT molecular complexity index is 726. The minimum Gasteiger partial charge on any atom is -0.481 e. The van der Waals surface area contributed by atoms with Gasteiger partial charge in [0, 0.05) is 55.7 Å². The summed E-state index contributed by atoms with van der Waals surface area (Å²) in [7, 11) is 0. The van der Waals surface area contributed by atoms with Gasteiger partial charge in [0.1, 0.15) is 0 Å². The molecule has 1 fully saturated rings. The molecule has 2 aromatic heterocycles. The van der Waals surface area contributed by atoms with E-state index in [4.69, 9.17) is 0 Å². The van der Waals surface area contributed by atoms with Crippen molar-refractivity contribution in [3.8, 4) is 0 Å². The highest BCUT2D eigenvalue weighted by atomic mass is 16.4. The lowest BCUT2D eigenvalue weighted by Crippen LogP contribution is -2.23. The number of pyridine rings is 1. The van der Waals surface area contributed by atoms with Gasteiger partial charge in [0.05, 0.1) is 11.6 Å². The molecule has 128 valence electrons. The molecular weight excluding hydrogens is 304 g/mol. The number of nitrogens with zero attached hydrogens (tertiary/aromatic N) is 4. The Labute approximate surface area is 142 Å². The van der Waals surface area contributed by atoms with Crippen LogP contribution >= 0.6 is 0 Å². The number of rotatable bonds is 5. The van der Waals surface area contributed by atoms with Crippen LogP contribution in [0.4, 0.5) is 0 Å². The fourth-order valence-electron chi connectivity index (χ4n) is 3.71. The van der Waals surface area contributed by atoms with Crippen molar-refractivity contribution in [3.05, 3.63) is 47.0 Å². The summed E-state index contributed by atoms with van der Waals surface area (Å²) in [6.07, 6.45) is 3.47. The third-order valence-electron chi connectivity index (χ3n) is 5.06. The van der Waals surface area contributed by atoms with Crippen molar-refractivity contribution >= 4 is 5.97 Å². The van der Waals surface area contributed by atoms with Crippen molar-refractivity contribution in [3.63, 3.8) is 0 Å². The van der Waals surface area contributed by atoms with Gasteiger partial charge in [-0.25, -0.2) is 0 Å². The van der Waals surface area contributed by atoms with Crippen molar-refractivity contribution in [2.45, 2.75) is 39.8 Å². The largest absolute Gasteiger partial charge is 0.481 e. The number of aryl methyl sites for hydroxylation is 2. The van der Waals surface area contributed by atoms with E-state index in [1.165, 1.54) is 11.3 Å². The minimum atomic E-state index is -0.725. The molecule has 1 aliphatic heterocycles. The first-order valence-corrected chi connectivity index (χ1v) is 8.39. The van der Waals surface area contributed by atoms with Crippen molar-refractivity contribution in [2.24, 2.45) is 5.92 Å². The maximum absolute atomic E-state index is 11.7. The predicted octanol–water partition coefficient (Wildman–Crippen LogP) is 2.22. The summed E-state index contributed by atoms with van der Waals surface area (Å²) in [5.74, 6) is -1.10. The molecule has 6 nitrogen and oxygen atoms in total. The first-order chi connectivity index (χ1) is 11.5. The van der Waals surface area contributed by atoms with Crippen LogP contribution in [0.15, 0.2) is 24.5 Å². The number of carboxylic acids is 1. The summed E-state index contributed by atoms with van der Waals surface area (Å²) in [6, 6.07) is 3.85.